The highest BCUT2D eigenvalue weighted by Crippen LogP contribution is 2.39. The number of hydrogen-bond acceptors (Lipinski definition) is 46. The van der Waals surface area contributed by atoms with Crippen molar-refractivity contribution in [2.24, 2.45) is 0 Å². The van der Waals surface area contributed by atoms with Crippen molar-refractivity contribution >= 4 is 11.8 Å². The lowest BCUT2D eigenvalue weighted by molar-refractivity contribution is -0.399. The van der Waals surface area contributed by atoms with Crippen LogP contribution in [-0.4, -0.2) is 485 Å². The van der Waals surface area contributed by atoms with Gasteiger partial charge in [0.1, 0.15) is 220 Å². The Morgan fingerprint density at radius 3 is 0.934 bits per heavy atom. The zero-order valence-electron chi connectivity index (χ0n) is 56.2. The lowest BCUT2D eigenvalue weighted by Crippen LogP contribution is -2.70. The van der Waals surface area contributed by atoms with Crippen LogP contribution >= 0.6 is 0 Å². The van der Waals surface area contributed by atoms with E-state index in [9.17, 15) is 147 Å². The fraction of sp³-hybridized carbons (Fsp3) is 0.966. The first kappa shape index (κ1) is 87.2. The van der Waals surface area contributed by atoms with Crippen molar-refractivity contribution in [3.8, 4) is 0 Å². The van der Waals surface area contributed by atoms with E-state index < -0.39 is 348 Å². The standard InChI is InChI=1S/C58H98N2O46/c1-12(68)59-23-32(77)44(19(8-66)92-50(23)89)101-51-24(60-13(2)69)33(78)45(20(9-67)98-51)102-56-43(88)47(104-58-49(38(83)29(74)18(7-65)97-58)106-55-41(86)36(81)27(72)16(5-63)95-55)31(76)22(100-56)10-90-52-42(87)46(103-53-39(84)34(79)25(70)14(3-61)93-53)30(75)21(99-52)11-91-57-48(37(82)28(73)17(6-64)96-57)105-54-40(85)35(80)26(71)15(4-62)94-54/h14-58,61-67,70-89H,3-11H2,1-2H3,(H,59,68)(H,60,69)/t14-,15-,16-,17-,18-,19+,20+,21-,22+,23-,24-,25+,26+,27+,28+,29+,30+,31-,32-,33-,34-,35-,36-,37-,38-,39-,40-,41-,42-,43+,44+,45+,46-,47-,48-,49-,50+,51-,52-,53+,54+,55+,56+,57-,58+/m0/s1. The molecule has 9 fully saturated rings. The van der Waals surface area contributed by atoms with E-state index in [1.165, 1.54) is 0 Å². The van der Waals surface area contributed by atoms with E-state index in [4.69, 9.17) is 80.5 Å². The maximum Gasteiger partial charge on any atom is 0.217 e. The first-order chi connectivity index (χ1) is 50.2. The normalized spacial score (nSPS) is 51.2. The summed E-state index contributed by atoms with van der Waals surface area (Å²) in [5.74, 6) is -1.72. The number of carbonyl (C=O) groups excluding carboxylic acids is 2. The molecule has 29 N–H and O–H groups in total. The van der Waals surface area contributed by atoms with Gasteiger partial charge in [-0.15, -0.1) is 0 Å². The minimum absolute atomic E-state index is 0.783. The third kappa shape index (κ3) is 18.7. The number of rotatable bonds is 27. The molecule has 0 bridgehead atoms. The maximum atomic E-state index is 12.9. The number of carbonyl (C=O) groups is 2. The summed E-state index contributed by atoms with van der Waals surface area (Å²) in [4.78, 5) is 25.0. The monoisotopic (exact) mass is 1560 g/mol. The Bertz CT molecular complexity index is 2710. The number of ether oxygens (including phenoxy) is 17. The number of aliphatic hydroxyl groups excluding tert-OH is 27. The first-order valence-electron chi connectivity index (χ1n) is 33.7. The van der Waals surface area contributed by atoms with Gasteiger partial charge < -0.3 is 229 Å². The van der Waals surface area contributed by atoms with Gasteiger partial charge in [0.25, 0.3) is 0 Å². The molecule has 9 saturated heterocycles. The maximum absolute atomic E-state index is 12.9. The molecular weight excluding hydrogens is 1460 g/mol. The van der Waals surface area contributed by atoms with E-state index in [1.54, 1.807) is 0 Å². The molecule has 0 aromatic carbocycles. The first-order valence-corrected chi connectivity index (χ1v) is 33.7. The molecule has 0 aliphatic carbocycles. The molecular formula is C58H98N2O46. The summed E-state index contributed by atoms with van der Waals surface area (Å²) in [6.45, 7) is -7.76. The Labute approximate surface area is 598 Å². The number of hydrogen-bond donors (Lipinski definition) is 29. The van der Waals surface area contributed by atoms with Gasteiger partial charge in [-0.25, -0.2) is 0 Å². The highest BCUT2D eigenvalue weighted by Gasteiger charge is 2.60. The molecule has 0 spiro atoms. The van der Waals surface area contributed by atoms with E-state index in [0.717, 1.165) is 13.8 Å². The van der Waals surface area contributed by atoms with Gasteiger partial charge in [-0.2, -0.15) is 0 Å². The van der Waals surface area contributed by atoms with Crippen LogP contribution in [0.1, 0.15) is 13.8 Å². The predicted molar refractivity (Wildman–Crippen MR) is 320 cm³/mol. The Hall–Kier alpha value is -2.82. The molecule has 0 unspecified atom stereocenters. The summed E-state index contributed by atoms with van der Waals surface area (Å²) in [5, 5.41) is 301. The summed E-state index contributed by atoms with van der Waals surface area (Å²) in [5.41, 5.74) is 0. The molecule has 106 heavy (non-hydrogen) atoms. The Morgan fingerprint density at radius 2 is 0.519 bits per heavy atom. The highest BCUT2D eigenvalue weighted by molar-refractivity contribution is 5.73. The SMILES string of the molecule is CC(=O)N[C@@H]1[C@H](O[C@H]2[C@@H](O)[C@H](NC(C)=O)[C@H](O)O[C@@H]2CO)O[C@H](CO)[C@@H](O[C@H]2O[C@H](CO[C@H]3O[C@@H](CO[C@H]4O[C@@H](CO)[C@@H](O)[C@H](O)[C@@H]4O[C@H]4O[C@@H](CO)[C@@H](O)[C@H](O)[C@@H]4O)[C@@H](O)[C@H](O[C@H]4O[C@@H](CO)[C@@H](O)[C@H](O)[C@@H]4O)[C@@H]3O)[C@H](O)[C@H](O[C@H]3O[C@@H](CO)[C@@H](O)[C@H](O)[C@@H]3O[C@H]3O[C@@H](CO)[C@@H](O)[C@H](O)[C@@H]3O)[C@H]2O)[C@H]1O. The molecule has 0 aromatic rings. The number of aliphatic hydroxyl groups is 27. The van der Waals surface area contributed by atoms with Crippen molar-refractivity contribution < 1.29 is 228 Å². The van der Waals surface area contributed by atoms with Gasteiger partial charge in [-0.1, -0.05) is 0 Å². The topological polar surface area (TPSA) is 761 Å². The van der Waals surface area contributed by atoms with Gasteiger partial charge in [-0.3, -0.25) is 9.59 Å². The quantitative estimate of drug-likeness (QED) is 0.0363. The molecule has 9 aliphatic heterocycles. The van der Waals surface area contributed by atoms with Crippen LogP contribution < -0.4 is 10.6 Å². The lowest BCUT2D eigenvalue weighted by atomic mass is 9.94. The van der Waals surface area contributed by atoms with Crippen LogP contribution in [0.5, 0.6) is 0 Å². The van der Waals surface area contributed by atoms with E-state index in [2.05, 4.69) is 10.6 Å². The van der Waals surface area contributed by atoms with Crippen LogP contribution in [0, 0.1) is 0 Å². The van der Waals surface area contributed by atoms with Crippen LogP contribution in [0.25, 0.3) is 0 Å². The van der Waals surface area contributed by atoms with Gasteiger partial charge in [-0.05, 0) is 0 Å². The Morgan fingerprint density at radius 1 is 0.245 bits per heavy atom. The van der Waals surface area contributed by atoms with Crippen molar-refractivity contribution in [2.75, 3.05) is 59.5 Å². The minimum atomic E-state index is -2.54. The highest BCUT2D eigenvalue weighted by atomic mass is 16.8. The van der Waals surface area contributed by atoms with Crippen LogP contribution in [-0.2, 0) is 90.1 Å². The average molecular weight is 1560 g/mol. The molecule has 0 aromatic heterocycles. The second-order valence-electron chi connectivity index (χ2n) is 26.7. The zero-order valence-corrected chi connectivity index (χ0v) is 56.2. The van der Waals surface area contributed by atoms with Crippen molar-refractivity contribution in [2.45, 2.75) is 290 Å². The van der Waals surface area contributed by atoms with E-state index in [0.29, 0.717) is 0 Å². The zero-order chi connectivity index (χ0) is 77.9. The molecule has 48 heteroatoms. The van der Waals surface area contributed by atoms with E-state index in [-0.39, 0.29) is 0 Å². The van der Waals surface area contributed by atoms with Crippen LogP contribution in [0.3, 0.4) is 0 Å². The van der Waals surface area contributed by atoms with Crippen molar-refractivity contribution in [3.63, 3.8) is 0 Å². The molecule has 48 nitrogen and oxygen atoms in total. The third-order valence-corrected chi connectivity index (χ3v) is 19.5. The largest absolute Gasteiger partial charge is 0.394 e. The molecule has 9 rings (SSSR count). The third-order valence-electron chi connectivity index (χ3n) is 19.5. The predicted octanol–water partition coefficient (Wildman–Crippen LogP) is -20.3. The Kier molecular flexibility index (Phi) is 31.1. The number of amides is 2. The smallest absolute Gasteiger partial charge is 0.217 e. The summed E-state index contributed by atoms with van der Waals surface area (Å²) < 4.78 is 98.8. The molecule has 0 radical (unpaired) electrons. The fourth-order valence-corrected chi connectivity index (χ4v) is 13.5. The summed E-state index contributed by atoms with van der Waals surface area (Å²) in [6.07, 6.45) is -90.3. The van der Waals surface area contributed by atoms with Crippen molar-refractivity contribution in [1.82, 2.24) is 10.6 Å². The van der Waals surface area contributed by atoms with Gasteiger partial charge in [0.15, 0.2) is 56.6 Å². The molecule has 9 aliphatic rings. The van der Waals surface area contributed by atoms with Crippen molar-refractivity contribution in [1.29, 1.82) is 0 Å². The summed E-state index contributed by atoms with van der Waals surface area (Å²) in [7, 11) is 0. The summed E-state index contributed by atoms with van der Waals surface area (Å²) in [6, 6.07) is -3.55. The van der Waals surface area contributed by atoms with Gasteiger partial charge >= 0.3 is 0 Å². The molecule has 616 valence electrons. The van der Waals surface area contributed by atoms with Gasteiger partial charge in [0.2, 0.25) is 11.8 Å². The fourth-order valence-electron chi connectivity index (χ4n) is 13.5. The minimum Gasteiger partial charge on any atom is -0.394 e. The van der Waals surface area contributed by atoms with E-state index >= 15 is 0 Å². The van der Waals surface area contributed by atoms with Crippen molar-refractivity contribution in [3.05, 3.63) is 0 Å². The van der Waals surface area contributed by atoms with Gasteiger partial charge in [0, 0.05) is 13.8 Å². The lowest BCUT2D eigenvalue weighted by Gasteiger charge is -2.50. The van der Waals surface area contributed by atoms with Crippen LogP contribution in [0.2, 0.25) is 0 Å². The van der Waals surface area contributed by atoms with Crippen LogP contribution in [0.4, 0.5) is 0 Å². The molecule has 45 atom stereocenters. The molecule has 9 heterocycles. The number of nitrogens with one attached hydrogen (secondary N) is 2. The average Bonchev–Trinajstić information content (AvgIpc) is 0.780. The Balaban J connectivity index is 1.05. The van der Waals surface area contributed by atoms with Gasteiger partial charge in [0.05, 0.1) is 59.5 Å². The summed E-state index contributed by atoms with van der Waals surface area (Å²) >= 11 is 0. The second kappa shape index (κ2) is 37.9. The second-order valence-corrected chi connectivity index (χ2v) is 26.7. The van der Waals surface area contributed by atoms with E-state index in [1.807, 2.05) is 0 Å². The molecule has 0 saturated carbocycles. The molecule has 2 amide bonds. The van der Waals surface area contributed by atoms with Crippen LogP contribution in [0.15, 0.2) is 0 Å².